The van der Waals surface area contributed by atoms with E-state index in [2.05, 4.69) is 5.73 Å². The summed E-state index contributed by atoms with van der Waals surface area (Å²) in [7, 11) is 0. The molecule has 0 bridgehead atoms. The first-order valence-corrected chi connectivity index (χ1v) is 13.7. The largest absolute Gasteiger partial charge is 0.463 e. The van der Waals surface area contributed by atoms with Crippen LogP contribution in [0.2, 0.25) is 0 Å². The summed E-state index contributed by atoms with van der Waals surface area (Å²) < 4.78 is 38.9. The Bertz CT molecular complexity index is 1080. The minimum Gasteiger partial charge on any atom is -0.463 e. The molecule has 1 aliphatic carbocycles. The van der Waals surface area contributed by atoms with Crippen LogP contribution in [0.5, 0.6) is 0 Å². The molecule has 0 aromatic rings. The Labute approximate surface area is 245 Å². The van der Waals surface area contributed by atoms with Gasteiger partial charge in [0.2, 0.25) is 0 Å². The first kappa shape index (κ1) is 34.9. The highest BCUT2D eigenvalue weighted by Crippen LogP contribution is 2.47. The van der Waals surface area contributed by atoms with Gasteiger partial charge in [-0.1, -0.05) is 13.8 Å². The number of aliphatic hydroxyl groups is 1. The van der Waals surface area contributed by atoms with Crippen molar-refractivity contribution in [3.05, 3.63) is 17.4 Å². The molecule has 0 amide bonds. The van der Waals surface area contributed by atoms with Gasteiger partial charge in [-0.25, -0.2) is 0 Å². The van der Waals surface area contributed by atoms with Crippen LogP contribution < -0.4 is 0 Å². The Morgan fingerprint density at radius 3 is 1.93 bits per heavy atom. The lowest BCUT2D eigenvalue weighted by Crippen LogP contribution is -2.63. The quantitative estimate of drug-likeness (QED) is 0.233. The zero-order chi connectivity index (χ0) is 32.0. The number of carbonyl (C=O) groups is 5. The molecule has 1 saturated heterocycles. The third-order valence-electron chi connectivity index (χ3n) is 6.67. The number of rotatable bonds is 9. The third kappa shape index (κ3) is 9.94. The molecule has 1 N–H and O–H groups in total. The fourth-order valence-corrected chi connectivity index (χ4v) is 5.45. The smallest absolute Gasteiger partial charge is 0.303 e. The lowest BCUT2D eigenvalue weighted by molar-refractivity contribution is -0.321. The van der Waals surface area contributed by atoms with Gasteiger partial charge in [-0.05, 0) is 31.8 Å². The Kier molecular flexibility index (Phi) is 11.9. The zero-order valence-corrected chi connectivity index (χ0v) is 25.6. The van der Waals surface area contributed by atoms with Gasteiger partial charge in [0.05, 0.1) is 11.7 Å². The zero-order valence-electron chi connectivity index (χ0n) is 25.6. The molecular weight excluding hydrogens is 556 g/mol. The van der Waals surface area contributed by atoms with E-state index in [9.17, 15) is 29.1 Å². The SMILES string of the molecule is CC(=O)OC[C@H]1O[C@@H](O[C@H]2CC(C)(C)C(=C=C[C@H](C)OC(C)=O)[C@](C)(O)C2)[C@H](OC(C)=O)[C@@H](OC(C)=O)[C@@H]1OC(C)=O. The summed E-state index contributed by atoms with van der Waals surface area (Å²) >= 11 is 0. The van der Waals surface area contributed by atoms with Crippen molar-refractivity contribution >= 4 is 29.8 Å². The second-order valence-electron chi connectivity index (χ2n) is 11.4. The maximum atomic E-state index is 12.1. The standard InChI is InChI=1S/C29H42O13/c1-15(37-17(3)31)10-11-23-28(7,8)12-21(13-29(23,9)35)41-27-26(40-20(6)34)25(39-19(5)33)24(38-18(4)32)22(42-27)14-36-16(2)30/h10,15,21-22,24-27,35H,12-14H2,1-9H3/t11?,15-,21-,22+,24+,25-,26+,27+,29+/m0/s1. The van der Waals surface area contributed by atoms with Crippen molar-refractivity contribution in [2.24, 2.45) is 5.41 Å². The van der Waals surface area contributed by atoms with Crippen molar-refractivity contribution in [3.63, 3.8) is 0 Å². The Hall–Kier alpha value is -3.25. The van der Waals surface area contributed by atoms with Crippen LogP contribution >= 0.6 is 0 Å². The van der Waals surface area contributed by atoms with Crippen LogP contribution in [0.4, 0.5) is 0 Å². The van der Waals surface area contributed by atoms with E-state index in [1.165, 1.54) is 13.8 Å². The monoisotopic (exact) mass is 598 g/mol. The van der Waals surface area contributed by atoms with E-state index in [1.807, 2.05) is 13.8 Å². The van der Waals surface area contributed by atoms with E-state index in [-0.39, 0.29) is 13.0 Å². The summed E-state index contributed by atoms with van der Waals surface area (Å²) in [5.41, 5.74) is 1.58. The maximum absolute atomic E-state index is 12.1. The molecular formula is C29H42O13. The van der Waals surface area contributed by atoms with Crippen LogP contribution in [0, 0.1) is 5.41 Å². The van der Waals surface area contributed by atoms with Crippen LogP contribution in [0.3, 0.4) is 0 Å². The summed E-state index contributed by atoms with van der Waals surface area (Å²) in [5.74, 6) is -3.33. The highest BCUT2D eigenvalue weighted by molar-refractivity contribution is 5.69. The second-order valence-corrected chi connectivity index (χ2v) is 11.4. The van der Waals surface area contributed by atoms with Crippen LogP contribution in [0.1, 0.15) is 75.2 Å². The van der Waals surface area contributed by atoms with Gasteiger partial charge in [0.15, 0.2) is 24.6 Å². The Balaban J connectivity index is 2.46. The number of ether oxygens (including phenoxy) is 7. The normalized spacial score (nSPS) is 31.0. The predicted molar refractivity (Wildman–Crippen MR) is 143 cm³/mol. The molecule has 0 aromatic heterocycles. The molecule has 1 heterocycles. The molecule has 1 aliphatic heterocycles. The van der Waals surface area contributed by atoms with E-state index in [1.54, 1.807) is 19.9 Å². The summed E-state index contributed by atoms with van der Waals surface area (Å²) in [6, 6.07) is 0. The minimum absolute atomic E-state index is 0.0709. The van der Waals surface area contributed by atoms with E-state index < -0.39 is 83.8 Å². The number of hydrogen-bond acceptors (Lipinski definition) is 13. The fourth-order valence-electron chi connectivity index (χ4n) is 5.45. The van der Waals surface area contributed by atoms with Gasteiger partial charge >= 0.3 is 29.8 Å². The molecule has 236 valence electrons. The van der Waals surface area contributed by atoms with Crippen molar-refractivity contribution in [3.8, 4) is 0 Å². The van der Waals surface area contributed by atoms with E-state index in [4.69, 9.17) is 33.2 Å². The Morgan fingerprint density at radius 2 is 1.43 bits per heavy atom. The molecule has 8 atom stereocenters. The first-order chi connectivity index (χ1) is 19.3. The van der Waals surface area contributed by atoms with E-state index in [0.717, 1.165) is 20.8 Å². The minimum atomic E-state index is -1.42. The van der Waals surface area contributed by atoms with Crippen LogP contribution in [0.15, 0.2) is 17.4 Å². The van der Waals surface area contributed by atoms with E-state index >= 15 is 0 Å². The molecule has 2 fully saturated rings. The molecule has 42 heavy (non-hydrogen) atoms. The number of carbonyl (C=O) groups excluding carboxylic acids is 5. The molecule has 1 saturated carbocycles. The van der Waals surface area contributed by atoms with Gasteiger partial charge in [-0.15, -0.1) is 5.73 Å². The summed E-state index contributed by atoms with van der Waals surface area (Å²) in [6.45, 7) is 12.6. The second kappa shape index (κ2) is 14.3. The lowest BCUT2D eigenvalue weighted by atomic mass is 9.65. The summed E-state index contributed by atoms with van der Waals surface area (Å²) in [5, 5.41) is 11.5. The molecule has 13 heteroatoms. The molecule has 2 aliphatic rings. The van der Waals surface area contributed by atoms with Gasteiger partial charge in [-0.3, -0.25) is 24.0 Å². The van der Waals surface area contributed by atoms with Crippen LogP contribution in [0.25, 0.3) is 0 Å². The molecule has 0 spiro atoms. The van der Waals surface area contributed by atoms with Gasteiger partial charge in [0.1, 0.15) is 18.8 Å². The number of esters is 5. The maximum Gasteiger partial charge on any atom is 0.303 e. The molecule has 0 radical (unpaired) electrons. The molecule has 13 nitrogen and oxygen atoms in total. The van der Waals surface area contributed by atoms with Gasteiger partial charge in [0.25, 0.3) is 0 Å². The highest BCUT2D eigenvalue weighted by atomic mass is 16.7. The van der Waals surface area contributed by atoms with Crippen molar-refractivity contribution in [2.75, 3.05) is 6.61 Å². The fraction of sp³-hybridized carbons (Fsp3) is 0.724. The summed E-state index contributed by atoms with van der Waals surface area (Å²) in [6.07, 6.45) is -5.82. The van der Waals surface area contributed by atoms with Gasteiger partial charge in [0, 0.05) is 46.6 Å². The van der Waals surface area contributed by atoms with Gasteiger partial charge in [-0.2, -0.15) is 0 Å². The Morgan fingerprint density at radius 1 is 0.881 bits per heavy atom. The first-order valence-electron chi connectivity index (χ1n) is 13.7. The highest BCUT2D eigenvalue weighted by Gasteiger charge is 2.54. The average molecular weight is 599 g/mol. The predicted octanol–water partition coefficient (Wildman–Crippen LogP) is 2.06. The lowest BCUT2D eigenvalue weighted by Gasteiger charge is -2.48. The number of hydrogen-bond donors (Lipinski definition) is 1. The molecule has 0 aromatic carbocycles. The van der Waals surface area contributed by atoms with Gasteiger partial charge < -0.3 is 38.3 Å². The van der Waals surface area contributed by atoms with Crippen molar-refractivity contribution in [1.29, 1.82) is 0 Å². The van der Waals surface area contributed by atoms with Crippen molar-refractivity contribution < 1.29 is 62.2 Å². The average Bonchev–Trinajstić information content (AvgIpc) is 2.78. The van der Waals surface area contributed by atoms with Crippen molar-refractivity contribution in [1.82, 2.24) is 0 Å². The molecule has 0 unspecified atom stereocenters. The van der Waals surface area contributed by atoms with E-state index in [0.29, 0.717) is 12.0 Å². The van der Waals surface area contributed by atoms with Crippen LogP contribution in [-0.2, 0) is 57.1 Å². The van der Waals surface area contributed by atoms with Crippen molar-refractivity contribution in [2.45, 2.75) is 124 Å². The third-order valence-corrected chi connectivity index (χ3v) is 6.67. The van der Waals surface area contributed by atoms with Crippen LogP contribution in [-0.4, -0.2) is 90.1 Å². The molecule has 2 rings (SSSR count). The summed E-state index contributed by atoms with van der Waals surface area (Å²) in [4.78, 5) is 59.0. The topological polar surface area (TPSA) is 170 Å².